The van der Waals surface area contributed by atoms with Gasteiger partial charge < -0.3 is 0 Å². The van der Waals surface area contributed by atoms with Crippen LogP contribution >= 0.6 is 11.8 Å². The predicted octanol–water partition coefficient (Wildman–Crippen LogP) is 4.58. The van der Waals surface area contributed by atoms with Crippen molar-refractivity contribution in [3.05, 3.63) is 59.8 Å². The van der Waals surface area contributed by atoms with Crippen molar-refractivity contribution in [2.45, 2.75) is 47.9 Å². The van der Waals surface area contributed by atoms with E-state index in [1.54, 1.807) is 23.9 Å². The molecule has 1 saturated carbocycles. The molecule has 0 amide bonds. The highest BCUT2D eigenvalue weighted by atomic mass is 32.2. The van der Waals surface area contributed by atoms with Gasteiger partial charge in [0.25, 0.3) is 0 Å². The zero-order valence-electron chi connectivity index (χ0n) is 15.4. The highest BCUT2D eigenvalue weighted by Crippen LogP contribution is 2.59. The quantitative estimate of drug-likeness (QED) is 0.762. The molecular weight excluding hydrogens is 376 g/mol. The number of primary sulfonamides is 1. The third-order valence-corrected chi connectivity index (χ3v) is 7.64. The van der Waals surface area contributed by atoms with E-state index in [0.29, 0.717) is 5.92 Å². The standard InChI is InChI=1S/C21H24N2O2S2/c1-26-20-9-6-16(14-23-20)17-12-19(21(13-17)10-2-3-11-21)15-4-7-18(8-5-15)27(22,24)25/h4-9,12,14,19H,2-3,10-11,13H2,1H3,(H2,22,24,25). The van der Waals surface area contributed by atoms with Gasteiger partial charge in [0, 0.05) is 12.1 Å². The second kappa shape index (κ2) is 7.08. The summed E-state index contributed by atoms with van der Waals surface area (Å²) in [7, 11) is -3.66. The highest BCUT2D eigenvalue weighted by molar-refractivity contribution is 7.98. The predicted molar refractivity (Wildman–Crippen MR) is 110 cm³/mol. The molecule has 142 valence electrons. The molecule has 1 atom stereocenters. The summed E-state index contributed by atoms with van der Waals surface area (Å²) in [5.74, 6) is 0.310. The molecule has 1 fully saturated rings. The molecule has 4 nitrogen and oxygen atoms in total. The molecule has 1 unspecified atom stereocenters. The van der Waals surface area contributed by atoms with Crippen molar-refractivity contribution in [2.75, 3.05) is 6.26 Å². The number of pyridine rings is 1. The number of thioether (sulfide) groups is 1. The summed E-state index contributed by atoms with van der Waals surface area (Å²) in [6.45, 7) is 0. The molecule has 0 saturated heterocycles. The van der Waals surface area contributed by atoms with E-state index >= 15 is 0 Å². The van der Waals surface area contributed by atoms with Crippen LogP contribution in [0.4, 0.5) is 0 Å². The number of aromatic nitrogens is 1. The van der Waals surface area contributed by atoms with Crippen LogP contribution < -0.4 is 5.14 Å². The fourth-order valence-corrected chi connectivity index (χ4v) is 5.57. The molecule has 1 aromatic carbocycles. The molecular formula is C21H24N2O2S2. The normalized spacial score (nSPS) is 21.6. The Morgan fingerprint density at radius 1 is 1.11 bits per heavy atom. The average Bonchev–Trinajstić information content (AvgIpc) is 3.29. The van der Waals surface area contributed by atoms with Crippen LogP contribution in [0.5, 0.6) is 0 Å². The first-order valence-corrected chi connectivity index (χ1v) is 12.0. The molecule has 2 N–H and O–H groups in total. The zero-order valence-corrected chi connectivity index (χ0v) is 17.0. The first kappa shape index (κ1) is 18.7. The Labute approximate surface area is 165 Å². The zero-order chi connectivity index (χ0) is 19.1. The van der Waals surface area contributed by atoms with E-state index in [1.807, 2.05) is 24.6 Å². The Kier molecular flexibility index (Phi) is 4.91. The summed E-state index contributed by atoms with van der Waals surface area (Å²) in [4.78, 5) is 4.71. The van der Waals surface area contributed by atoms with E-state index in [4.69, 9.17) is 5.14 Å². The molecule has 2 aliphatic carbocycles. The van der Waals surface area contributed by atoms with E-state index in [1.165, 1.54) is 42.4 Å². The molecule has 1 aromatic heterocycles. The lowest BCUT2D eigenvalue weighted by atomic mass is 9.72. The number of benzene rings is 1. The topological polar surface area (TPSA) is 73.1 Å². The molecule has 6 heteroatoms. The average molecular weight is 401 g/mol. The van der Waals surface area contributed by atoms with Gasteiger partial charge in [-0.1, -0.05) is 37.1 Å². The van der Waals surface area contributed by atoms with Gasteiger partial charge >= 0.3 is 0 Å². The molecule has 0 bridgehead atoms. The fraction of sp³-hybridized carbons (Fsp3) is 0.381. The third kappa shape index (κ3) is 3.58. The number of sulfonamides is 1. The van der Waals surface area contributed by atoms with E-state index in [9.17, 15) is 8.42 Å². The van der Waals surface area contributed by atoms with Gasteiger partial charge in [-0.05, 0) is 65.8 Å². The Morgan fingerprint density at radius 3 is 2.37 bits per heavy atom. The van der Waals surface area contributed by atoms with Crippen LogP contribution in [0.15, 0.2) is 58.6 Å². The molecule has 1 heterocycles. The van der Waals surface area contributed by atoms with Crippen LogP contribution in [0.3, 0.4) is 0 Å². The number of hydrogen-bond donors (Lipinski definition) is 1. The van der Waals surface area contributed by atoms with Crippen molar-refractivity contribution in [1.29, 1.82) is 0 Å². The maximum absolute atomic E-state index is 11.6. The first-order valence-electron chi connectivity index (χ1n) is 9.25. The molecule has 1 spiro atoms. The Hall–Kier alpha value is -1.63. The van der Waals surface area contributed by atoms with Gasteiger partial charge in [0.05, 0.1) is 9.92 Å². The van der Waals surface area contributed by atoms with Crippen molar-refractivity contribution in [3.63, 3.8) is 0 Å². The molecule has 0 radical (unpaired) electrons. The van der Waals surface area contributed by atoms with Crippen molar-refractivity contribution < 1.29 is 8.42 Å². The van der Waals surface area contributed by atoms with Crippen LogP contribution in [-0.4, -0.2) is 19.7 Å². The minimum absolute atomic E-state index is 0.172. The summed E-state index contributed by atoms with van der Waals surface area (Å²) >= 11 is 1.65. The number of hydrogen-bond acceptors (Lipinski definition) is 4. The summed E-state index contributed by atoms with van der Waals surface area (Å²) in [5, 5.41) is 6.28. The number of allylic oxidation sites excluding steroid dienone is 2. The number of nitrogens with two attached hydrogens (primary N) is 1. The van der Waals surface area contributed by atoms with Crippen molar-refractivity contribution in [1.82, 2.24) is 4.98 Å². The van der Waals surface area contributed by atoms with Gasteiger partial charge in [-0.2, -0.15) is 0 Å². The van der Waals surface area contributed by atoms with Crippen molar-refractivity contribution >= 4 is 27.4 Å². The van der Waals surface area contributed by atoms with Crippen LogP contribution in [-0.2, 0) is 10.0 Å². The number of rotatable bonds is 4. The van der Waals surface area contributed by atoms with E-state index in [2.05, 4.69) is 23.2 Å². The molecule has 2 aromatic rings. The largest absolute Gasteiger partial charge is 0.249 e. The molecule has 2 aliphatic rings. The van der Waals surface area contributed by atoms with Gasteiger partial charge in [0.15, 0.2) is 0 Å². The maximum atomic E-state index is 11.6. The van der Waals surface area contributed by atoms with Crippen LogP contribution in [0.25, 0.3) is 5.57 Å². The molecule has 27 heavy (non-hydrogen) atoms. The fourth-order valence-electron chi connectivity index (χ4n) is 4.70. The number of nitrogens with zero attached hydrogens (tertiary/aromatic N) is 1. The van der Waals surface area contributed by atoms with E-state index in [0.717, 1.165) is 11.4 Å². The minimum Gasteiger partial charge on any atom is -0.249 e. The smallest absolute Gasteiger partial charge is 0.238 e. The van der Waals surface area contributed by atoms with E-state index < -0.39 is 10.0 Å². The second-order valence-corrected chi connectivity index (χ2v) is 10.0. The lowest BCUT2D eigenvalue weighted by Gasteiger charge is -2.32. The minimum atomic E-state index is -3.66. The van der Waals surface area contributed by atoms with Gasteiger partial charge in [-0.3, -0.25) is 0 Å². The third-order valence-electron chi connectivity index (χ3n) is 6.05. The first-order chi connectivity index (χ1) is 12.9. The highest BCUT2D eigenvalue weighted by Gasteiger charge is 2.45. The van der Waals surface area contributed by atoms with Gasteiger partial charge in [0.2, 0.25) is 10.0 Å². The Morgan fingerprint density at radius 2 is 1.81 bits per heavy atom. The van der Waals surface area contributed by atoms with Crippen LogP contribution in [0, 0.1) is 5.41 Å². The Bertz CT molecular complexity index is 958. The van der Waals surface area contributed by atoms with Crippen molar-refractivity contribution in [3.8, 4) is 0 Å². The molecule has 0 aliphatic heterocycles. The summed E-state index contributed by atoms with van der Waals surface area (Å²) in [6, 6.07) is 11.4. The molecule has 4 rings (SSSR count). The summed E-state index contributed by atoms with van der Waals surface area (Å²) < 4.78 is 23.1. The van der Waals surface area contributed by atoms with E-state index in [-0.39, 0.29) is 10.3 Å². The summed E-state index contributed by atoms with van der Waals surface area (Å²) in [6.07, 6.45) is 12.4. The van der Waals surface area contributed by atoms with Gasteiger partial charge in [-0.15, -0.1) is 11.8 Å². The maximum Gasteiger partial charge on any atom is 0.238 e. The Balaban J connectivity index is 1.70. The van der Waals surface area contributed by atoms with Crippen molar-refractivity contribution in [2.24, 2.45) is 10.6 Å². The second-order valence-electron chi connectivity index (χ2n) is 7.62. The lowest BCUT2D eigenvalue weighted by Crippen LogP contribution is -2.21. The van der Waals surface area contributed by atoms with Gasteiger partial charge in [0.1, 0.15) is 0 Å². The monoisotopic (exact) mass is 400 g/mol. The summed E-state index contributed by atoms with van der Waals surface area (Å²) in [5.41, 5.74) is 3.98. The van der Waals surface area contributed by atoms with Gasteiger partial charge in [-0.25, -0.2) is 18.5 Å². The van der Waals surface area contributed by atoms with Crippen LogP contribution in [0.2, 0.25) is 0 Å². The SMILES string of the molecule is CSc1ccc(C2=CC(c3ccc(S(N)(=O)=O)cc3)C3(CCCC3)C2)cn1. The van der Waals surface area contributed by atoms with Crippen LogP contribution in [0.1, 0.15) is 49.1 Å². The lowest BCUT2D eigenvalue weighted by molar-refractivity contribution is 0.286.